The molecule has 1 aliphatic rings. The highest BCUT2D eigenvalue weighted by Crippen LogP contribution is 2.26. The van der Waals surface area contributed by atoms with Crippen LogP contribution in [0.1, 0.15) is 31.7 Å². The Morgan fingerprint density at radius 1 is 1.33 bits per heavy atom. The molecule has 0 bridgehead atoms. The summed E-state index contributed by atoms with van der Waals surface area (Å²) in [6, 6.07) is 7.52. The van der Waals surface area contributed by atoms with E-state index < -0.39 is 0 Å². The van der Waals surface area contributed by atoms with Gasteiger partial charge in [-0.2, -0.15) is 0 Å². The quantitative estimate of drug-likeness (QED) is 0.854. The van der Waals surface area contributed by atoms with Crippen LogP contribution in [0.4, 0.5) is 5.69 Å². The van der Waals surface area contributed by atoms with Crippen molar-refractivity contribution in [2.24, 2.45) is 5.92 Å². The summed E-state index contributed by atoms with van der Waals surface area (Å²) in [6.07, 6.45) is 3.19. The molecule has 4 heteroatoms. The highest BCUT2D eigenvalue weighted by Gasteiger charge is 2.24. The zero-order valence-electron chi connectivity index (χ0n) is 10.5. The summed E-state index contributed by atoms with van der Waals surface area (Å²) in [4.78, 5) is 22.6. The second-order valence-electron chi connectivity index (χ2n) is 4.73. The predicted molar refractivity (Wildman–Crippen MR) is 69.9 cm³/mol. The van der Waals surface area contributed by atoms with E-state index in [4.69, 9.17) is 0 Å². The third kappa shape index (κ3) is 3.32. The van der Waals surface area contributed by atoms with Gasteiger partial charge >= 0.3 is 0 Å². The molecule has 0 unspecified atom stereocenters. The second kappa shape index (κ2) is 5.67. The van der Waals surface area contributed by atoms with Crippen LogP contribution >= 0.6 is 0 Å². The van der Waals surface area contributed by atoms with Crippen molar-refractivity contribution in [3.8, 4) is 0 Å². The molecule has 96 valence electrons. The Kier molecular flexibility index (Phi) is 3.97. The second-order valence-corrected chi connectivity index (χ2v) is 4.73. The summed E-state index contributed by atoms with van der Waals surface area (Å²) in [5.41, 5.74) is 1.76. The van der Waals surface area contributed by atoms with E-state index in [2.05, 4.69) is 10.6 Å². The first-order chi connectivity index (χ1) is 8.65. The van der Waals surface area contributed by atoms with Crippen LogP contribution in [0, 0.1) is 5.92 Å². The Morgan fingerprint density at radius 2 is 2.11 bits per heavy atom. The Bertz CT molecular complexity index is 453. The molecule has 0 spiro atoms. The molecule has 2 N–H and O–H groups in total. The summed E-state index contributed by atoms with van der Waals surface area (Å²) in [5.74, 6) is 0.264. The predicted octanol–water partition coefficient (Wildman–Crippen LogP) is 2.06. The highest BCUT2D eigenvalue weighted by atomic mass is 16.2. The molecule has 0 saturated heterocycles. The Balaban J connectivity index is 1.88. The van der Waals surface area contributed by atoms with Gasteiger partial charge in [0, 0.05) is 25.1 Å². The average molecular weight is 246 g/mol. The van der Waals surface area contributed by atoms with E-state index in [-0.39, 0.29) is 17.7 Å². The Labute approximate surface area is 107 Å². The van der Waals surface area contributed by atoms with E-state index in [1.165, 1.54) is 6.92 Å². The minimum absolute atomic E-state index is 0.0920. The summed E-state index contributed by atoms with van der Waals surface area (Å²) >= 11 is 0. The van der Waals surface area contributed by atoms with Crippen molar-refractivity contribution in [1.29, 1.82) is 0 Å². The molecule has 4 nitrogen and oxygen atoms in total. The van der Waals surface area contributed by atoms with Crippen LogP contribution in [0.15, 0.2) is 24.3 Å². The number of amides is 2. The van der Waals surface area contributed by atoms with E-state index in [1.807, 2.05) is 24.3 Å². The van der Waals surface area contributed by atoms with Gasteiger partial charge in [-0.25, -0.2) is 0 Å². The molecule has 18 heavy (non-hydrogen) atoms. The molecule has 1 fully saturated rings. The van der Waals surface area contributed by atoms with Crippen molar-refractivity contribution in [2.45, 2.75) is 32.7 Å². The van der Waals surface area contributed by atoms with E-state index >= 15 is 0 Å². The number of hydrogen-bond donors (Lipinski definition) is 2. The van der Waals surface area contributed by atoms with Crippen molar-refractivity contribution in [3.05, 3.63) is 29.8 Å². The fraction of sp³-hybridized carbons (Fsp3) is 0.429. The van der Waals surface area contributed by atoms with Crippen molar-refractivity contribution in [2.75, 3.05) is 5.32 Å². The Morgan fingerprint density at radius 3 is 2.72 bits per heavy atom. The van der Waals surface area contributed by atoms with Crippen LogP contribution in [0.2, 0.25) is 0 Å². The van der Waals surface area contributed by atoms with E-state index in [1.54, 1.807) is 0 Å². The third-order valence-corrected chi connectivity index (χ3v) is 3.19. The van der Waals surface area contributed by atoms with Crippen molar-refractivity contribution >= 4 is 17.5 Å². The first-order valence-corrected chi connectivity index (χ1v) is 6.29. The molecule has 1 aromatic carbocycles. The minimum atomic E-state index is -0.0920. The van der Waals surface area contributed by atoms with Gasteiger partial charge in [-0.3, -0.25) is 9.59 Å². The number of carbonyl (C=O) groups is 2. The standard InChI is InChI=1S/C14H18N2O2/c1-10(17)16-13-7-2-4-11(8-13)9-15-14(18)12-5-3-6-12/h2,4,7-8,12H,3,5-6,9H2,1H3,(H,15,18)(H,16,17). The van der Waals surface area contributed by atoms with Gasteiger partial charge in [0.1, 0.15) is 0 Å². The number of rotatable bonds is 4. The minimum Gasteiger partial charge on any atom is -0.352 e. The molecule has 0 aromatic heterocycles. The topological polar surface area (TPSA) is 58.2 Å². The molecular formula is C14H18N2O2. The molecule has 2 rings (SSSR count). The van der Waals surface area contributed by atoms with Gasteiger partial charge < -0.3 is 10.6 Å². The van der Waals surface area contributed by atoms with E-state index in [0.717, 1.165) is 30.5 Å². The number of anilines is 1. The van der Waals surface area contributed by atoms with E-state index in [0.29, 0.717) is 6.54 Å². The van der Waals surface area contributed by atoms with Gasteiger partial charge in [0.05, 0.1) is 0 Å². The van der Waals surface area contributed by atoms with Gasteiger partial charge in [-0.05, 0) is 30.5 Å². The summed E-state index contributed by atoms with van der Waals surface area (Å²) < 4.78 is 0. The lowest BCUT2D eigenvalue weighted by molar-refractivity contribution is -0.127. The van der Waals surface area contributed by atoms with Crippen LogP contribution in [-0.4, -0.2) is 11.8 Å². The molecule has 0 radical (unpaired) electrons. The van der Waals surface area contributed by atoms with Crippen molar-refractivity contribution in [3.63, 3.8) is 0 Å². The van der Waals surface area contributed by atoms with Crippen LogP contribution in [0.25, 0.3) is 0 Å². The third-order valence-electron chi connectivity index (χ3n) is 3.19. The monoisotopic (exact) mass is 246 g/mol. The molecule has 1 aliphatic carbocycles. The molecule has 0 aliphatic heterocycles. The summed E-state index contributed by atoms with van der Waals surface area (Å²) in [6.45, 7) is 1.99. The normalized spacial score (nSPS) is 14.7. The zero-order valence-corrected chi connectivity index (χ0v) is 10.5. The zero-order chi connectivity index (χ0) is 13.0. The van der Waals surface area contributed by atoms with Gasteiger partial charge in [-0.1, -0.05) is 18.6 Å². The van der Waals surface area contributed by atoms with Gasteiger partial charge in [0.15, 0.2) is 0 Å². The molecule has 1 aromatic rings. The average Bonchev–Trinajstić information content (AvgIpc) is 2.23. The van der Waals surface area contributed by atoms with Gasteiger partial charge in [0.25, 0.3) is 0 Å². The fourth-order valence-electron chi connectivity index (χ4n) is 1.97. The number of nitrogens with one attached hydrogen (secondary N) is 2. The van der Waals surface area contributed by atoms with Crippen LogP contribution in [0.5, 0.6) is 0 Å². The molecule has 0 atom stereocenters. The van der Waals surface area contributed by atoms with E-state index in [9.17, 15) is 9.59 Å². The summed E-state index contributed by atoms with van der Waals surface area (Å²) in [7, 11) is 0. The first kappa shape index (κ1) is 12.6. The molecule has 1 saturated carbocycles. The van der Waals surface area contributed by atoms with Crippen LogP contribution in [0.3, 0.4) is 0 Å². The lowest BCUT2D eigenvalue weighted by Gasteiger charge is -2.24. The molecular weight excluding hydrogens is 228 g/mol. The van der Waals surface area contributed by atoms with Crippen LogP contribution < -0.4 is 10.6 Å². The lowest BCUT2D eigenvalue weighted by atomic mass is 9.85. The summed E-state index contributed by atoms with van der Waals surface area (Å²) in [5, 5.41) is 5.66. The van der Waals surface area contributed by atoms with Gasteiger partial charge in [0.2, 0.25) is 11.8 Å². The fourth-order valence-corrected chi connectivity index (χ4v) is 1.97. The molecule has 0 heterocycles. The highest BCUT2D eigenvalue weighted by molar-refractivity contribution is 5.88. The smallest absolute Gasteiger partial charge is 0.223 e. The number of hydrogen-bond acceptors (Lipinski definition) is 2. The van der Waals surface area contributed by atoms with Crippen LogP contribution in [-0.2, 0) is 16.1 Å². The largest absolute Gasteiger partial charge is 0.352 e. The maximum atomic E-state index is 11.7. The van der Waals surface area contributed by atoms with Gasteiger partial charge in [-0.15, -0.1) is 0 Å². The number of benzene rings is 1. The molecule has 2 amide bonds. The number of carbonyl (C=O) groups excluding carboxylic acids is 2. The first-order valence-electron chi connectivity index (χ1n) is 6.29. The maximum Gasteiger partial charge on any atom is 0.223 e. The van der Waals surface area contributed by atoms with Crippen molar-refractivity contribution < 1.29 is 9.59 Å². The maximum absolute atomic E-state index is 11.7. The van der Waals surface area contributed by atoms with Crippen molar-refractivity contribution in [1.82, 2.24) is 5.32 Å². The SMILES string of the molecule is CC(=O)Nc1cccc(CNC(=O)C2CCC2)c1. The lowest BCUT2D eigenvalue weighted by Crippen LogP contribution is -2.33. The Hall–Kier alpha value is -1.84.